The molecule has 7 nitrogen and oxygen atoms in total. The number of carboxylic acids is 1. The first-order chi connectivity index (χ1) is 16.8. The molecule has 35 heavy (non-hydrogen) atoms. The predicted octanol–water partition coefficient (Wildman–Crippen LogP) is 4.92. The van der Waals surface area contributed by atoms with E-state index in [0.29, 0.717) is 22.6 Å². The van der Waals surface area contributed by atoms with Crippen molar-refractivity contribution in [2.75, 3.05) is 6.79 Å². The van der Waals surface area contributed by atoms with E-state index in [1.807, 2.05) is 38.1 Å². The summed E-state index contributed by atoms with van der Waals surface area (Å²) >= 11 is 0. The number of nitrogens with zero attached hydrogens (tertiary/aromatic N) is 1. The molecular formula is C27H25NO6S. The summed E-state index contributed by atoms with van der Waals surface area (Å²) in [6.45, 7) is 3.88. The zero-order valence-corrected chi connectivity index (χ0v) is 20.2. The average molecular weight is 492 g/mol. The number of rotatable bonds is 5. The summed E-state index contributed by atoms with van der Waals surface area (Å²) in [4.78, 5) is 12.5. The molecule has 0 aromatic heterocycles. The van der Waals surface area contributed by atoms with E-state index in [1.54, 1.807) is 48.5 Å². The molecular weight excluding hydrogens is 466 g/mol. The highest BCUT2D eigenvalue weighted by Crippen LogP contribution is 2.47. The standard InChI is InChI=1S/C27H25NO6S/c1-17-6-9-21(10-7-17)35(31,32)28-23(19-8-13-24-25(15-19)34-16-33-24)12-11-22(27(29)30)26(28)20-5-3-4-18(2)14-20/h3-11,13-15,23,26H,12,16H2,1-2H3,(H,29,30)/t23-,26-/m0/s1. The molecule has 8 heteroatoms. The van der Waals surface area contributed by atoms with Crippen LogP contribution in [0.2, 0.25) is 0 Å². The van der Waals surface area contributed by atoms with E-state index < -0.39 is 28.1 Å². The maximum atomic E-state index is 14.2. The van der Waals surface area contributed by atoms with Gasteiger partial charge in [-0.1, -0.05) is 59.7 Å². The SMILES string of the molecule is Cc1ccc(S(=O)(=O)N2[C@@H](c3cccc(C)c3)C(C(=O)O)=CC[C@H]2c2ccc3c(c2)OCO3)cc1. The number of sulfonamides is 1. The summed E-state index contributed by atoms with van der Waals surface area (Å²) in [6.07, 6.45) is 1.83. The smallest absolute Gasteiger partial charge is 0.333 e. The molecule has 0 saturated heterocycles. The number of fused-ring (bicyclic) bond motifs is 1. The number of hydrogen-bond acceptors (Lipinski definition) is 5. The van der Waals surface area contributed by atoms with Crippen LogP contribution < -0.4 is 9.47 Å². The molecule has 3 aromatic carbocycles. The van der Waals surface area contributed by atoms with Crippen molar-refractivity contribution in [1.82, 2.24) is 4.31 Å². The Labute approximate surface area is 204 Å². The van der Waals surface area contributed by atoms with E-state index in [2.05, 4.69) is 0 Å². The van der Waals surface area contributed by atoms with E-state index >= 15 is 0 Å². The molecule has 2 aliphatic rings. The molecule has 180 valence electrons. The average Bonchev–Trinajstić information content (AvgIpc) is 3.31. The van der Waals surface area contributed by atoms with Crippen LogP contribution in [0.3, 0.4) is 0 Å². The van der Waals surface area contributed by atoms with Gasteiger partial charge in [-0.15, -0.1) is 0 Å². The van der Waals surface area contributed by atoms with Crippen molar-refractivity contribution >= 4 is 16.0 Å². The second kappa shape index (κ2) is 8.87. The molecule has 3 aromatic rings. The Kier molecular flexibility index (Phi) is 5.86. The van der Waals surface area contributed by atoms with Gasteiger partial charge in [0, 0.05) is 0 Å². The third-order valence-electron chi connectivity index (χ3n) is 6.40. The summed E-state index contributed by atoms with van der Waals surface area (Å²) < 4.78 is 40.7. The lowest BCUT2D eigenvalue weighted by molar-refractivity contribution is -0.133. The van der Waals surface area contributed by atoms with E-state index in [9.17, 15) is 18.3 Å². The topological polar surface area (TPSA) is 93.1 Å². The molecule has 0 saturated carbocycles. The van der Waals surface area contributed by atoms with Crippen LogP contribution in [-0.4, -0.2) is 30.6 Å². The monoisotopic (exact) mass is 491 g/mol. The first-order valence-corrected chi connectivity index (χ1v) is 12.7. The maximum Gasteiger partial charge on any atom is 0.333 e. The molecule has 2 heterocycles. The minimum absolute atomic E-state index is 0.0308. The molecule has 0 spiro atoms. The fraction of sp³-hybridized carbons (Fsp3) is 0.222. The third kappa shape index (κ3) is 4.19. The third-order valence-corrected chi connectivity index (χ3v) is 8.29. The largest absolute Gasteiger partial charge is 0.478 e. The molecule has 2 atom stereocenters. The second-order valence-electron chi connectivity index (χ2n) is 8.79. The van der Waals surface area contributed by atoms with Crippen LogP contribution in [0.5, 0.6) is 11.5 Å². The minimum Gasteiger partial charge on any atom is -0.478 e. The lowest BCUT2D eigenvalue weighted by Crippen LogP contribution is -2.42. The second-order valence-corrected chi connectivity index (χ2v) is 10.6. The minimum atomic E-state index is -4.11. The van der Waals surface area contributed by atoms with Gasteiger partial charge in [-0.3, -0.25) is 0 Å². The van der Waals surface area contributed by atoms with Gasteiger partial charge in [-0.25, -0.2) is 13.2 Å². The van der Waals surface area contributed by atoms with Gasteiger partial charge in [0.2, 0.25) is 16.8 Å². The van der Waals surface area contributed by atoms with Gasteiger partial charge in [0.05, 0.1) is 22.6 Å². The highest BCUT2D eigenvalue weighted by Gasteiger charge is 2.44. The summed E-state index contributed by atoms with van der Waals surface area (Å²) in [5.74, 6) is -0.0189. The van der Waals surface area contributed by atoms with Crippen LogP contribution in [0.15, 0.2) is 83.3 Å². The van der Waals surface area contributed by atoms with Gasteiger partial charge >= 0.3 is 5.97 Å². The molecule has 0 aliphatic carbocycles. The molecule has 0 bridgehead atoms. The van der Waals surface area contributed by atoms with Crippen molar-refractivity contribution < 1.29 is 27.8 Å². The Balaban J connectivity index is 1.73. The van der Waals surface area contributed by atoms with Gasteiger partial charge in [-0.2, -0.15) is 4.31 Å². The van der Waals surface area contributed by atoms with Crippen LogP contribution in [0.1, 0.15) is 40.8 Å². The number of ether oxygens (including phenoxy) is 2. The van der Waals surface area contributed by atoms with Gasteiger partial charge in [0.1, 0.15) is 0 Å². The lowest BCUT2D eigenvalue weighted by atomic mass is 9.89. The summed E-state index contributed by atoms with van der Waals surface area (Å²) in [7, 11) is -4.11. The van der Waals surface area contributed by atoms with E-state index in [-0.39, 0.29) is 23.7 Å². The Morgan fingerprint density at radius 1 is 0.914 bits per heavy atom. The van der Waals surface area contributed by atoms with Crippen LogP contribution in [-0.2, 0) is 14.8 Å². The number of benzene rings is 3. The zero-order chi connectivity index (χ0) is 24.7. The normalized spacial score (nSPS) is 19.9. The van der Waals surface area contributed by atoms with Crippen molar-refractivity contribution in [3.8, 4) is 11.5 Å². The van der Waals surface area contributed by atoms with Gasteiger partial charge < -0.3 is 14.6 Å². The number of carboxylic acid groups (broad SMARTS) is 1. The molecule has 0 unspecified atom stereocenters. The fourth-order valence-corrected chi connectivity index (χ4v) is 6.46. The quantitative estimate of drug-likeness (QED) is 0.545. The predicted molar refractivity (Wildman–Crippen MR) is 130 cm³/mol. The molecule has 0 fully saturated rings. The van der Waals surface area contributed by atoms with E-state index in [4.69, 9.17) is 9.47 Å². The Hall–Kier alpha value is -3.62. The highest BCUT2D eigenvalue weighted by atomic mass is 32.2. The number of aliphatic carboxylic acids is 1. The lowest BCUT2D eigenvalue weighted by Gasteiger charge is -2.40. The molecule has 1 N–H and O–H groups in total. The van der Waals surface area contributed by atoms with Crippen LogP contribution >= 0.6 is 0 Å². The zero-order valence-electron chi connectivity index (χ0n) is 19.3. The Morgan fingerprint density at radius 3 is 2.37 bits per heavy atom. The highest BCUT2D eigenvalue weighted by molar-refractivity contribution is 7.89. The molecule has 5 rings (SSSR count). The number of aryl methyl sites for hydroxylation is 2. The van der Waals surface area contributed by atoms with Crippen molar-refractivity contribution in [3.05, 3.63) is 101 Å². The van der Waals surface area contributed by atoms with Crippen LogP contribution in [0.25, 0.3) is 0 Å². The molecule has 0 radical (unpaired) electrons. The summed E-state index contributed by atoms with van der Waals surface area (Å²) in [6, 6.07) is 17.6. The van der Waals surface area contributed by atoms with Gasteiger partial charge in [0.25, 0.3) is 0 Å². The Bertz CT molecular complexity index is 1430. The van der Waals surface area contributed by atoms with Gasteiger partial charge in [0.15, 0.2) is 11.5 Å². The maximum absolute atomic E-state index is 14.2. The summed E-state index contributed by atoms with van der Waals surface area (Å²) in [5, 5.41) is 10.1. The van der Waals surface area contributed by atoms with Crippen molar-refractivity contribution in [3.63, 3.8) is 0 Å². The first-order valence-electron chi connectivity index (χ1n) is 11.3. The number of hydrogen-bond donors (Lipinski definition) is 1. The van der Waals surface area contributed by atoms with Crippen molar-refractivity contribution in [1.29, 1.82) is 0 Å². The first kappa shape index (κ1) is 23.1. The van der Waals surface area contributed by atoms with Crippen LogP contribution in [0, 0.1) is 13.8 Å². The van der Waals surface area contributed by atoms with Gasteiger partial charge in [-0.05, 0) is 55.7 Å². The van der Waals surface area contributed by atoms with Crippen molar-refractivity contribution in [2.45, 2.75) is 37.2 Å². The van der Waals surface area contributed by atoms with E-state index in [0.717, 1.165) is 11.1 Å². The molecule has 0 amide bonds. The van der Waals surface area contributed by atoms with E-state index in [1.165, 1.54) is 4.31 Å². The fourth-order valence-electron chi connectivity index (χ4n) is 4.68. The number of carbonyl (C=O) groups is 1. The molecule has 2 aliphatic heterocycles. The Morgan fingerprint density at radius 2 is 1.66 bits per heavy atom. The van der Waals surface area contributed by atoms with Crippen LogP contribution in [0.4, 0.5) is 0 Å². The van der Waals surface area contributed by atoms with Crippen molar-refractivity contribution in [2.24, 2.45) is 0 Å². The summed E-state index contributed by atoms with van der Waals surface area (Å²) in [5.41, 5.74) is 3.16.